The average molecular weight is 576 g/mol. The molecule has 2 spiro atoms. The fourth-order valence-corrected chi connectivity index (χ4v) is 6.26. The molecule has 2 saturated carbocycles. The Morgan fingerprint density at radius 1 is 0.667 bits per heavy atom. The lowest BCUT2D eigenvalue weighted by molar-refractivity contribution is -0.275. The maximum atomic E-state index is 14.0. The van der Waals surface area contributed by atoms with Crippen LogP contribution >= 0.6 is 31.9 Å². The number of esters is 2. The number of Topliss-reactive ketones (excluding diaryl/α,β-unsaturated/α-hetero) is 1. The van der Waals surface area contributed by atoms with Gasteiger partial charge in [0, 0.05) is 46.5 Å². The van der Waals surface area contributed by atoms with E-state index >= 15 is 0 Å². The third-order valence-corrected chi connectivity index (χ3v) is 8.41. The third-order valence-electron chi connectivity index (χ3n) is 7.36. The molecule has 0 bridgehead atoms. The normalized spacial score (nSPS) is 26.2. The highest BCUT2D eigenvalue weighted by atomic mass is 79.9. The predicted octanol–water partition coefficient (Wildman–Crippen LogP) is 6.19. The molecular weight excluding hydrogens is 552 g/mol. The van der Waals surface area contributed by atoms with Crippen LogP contribution in [0.4, 0.5) is 0 Å². The molecule has 3 aliphatic rings. The largest absolute Gasteiger partial charge is 0.422 e. The van der Waals surface area contributed by atoms with Crippen molar-refractivity contribution in [2.45, 2.75) is 62.6 Å². The summed E-state index contributed by atoms with van der Waals surface area (Å²) in [6, 6.07) is 14.9. The molecular formula is C26H24Br2O5. The Kier molecular flexibility index (Phi) is 5.98. The van der Waals surface area contributed by atoms with Crippen molar-refractivity contribution in [1.29, 1.82) is 0 Å². The zero-order chi connectivity index (χ0) is 23.2. The Balaban J connectivity index is 1.66. The summed E-state index contributed by atoms with van der Waals surface area (Å²) < 4.78 is 13.9. The van der Waals surface area contributed by atoms with Crippen molar-refractivity contribution in [3.63, 3.8) is 0 Å². The Labute approximate surface area is 209 Å². The molecule has 0 unspecified atom stereocenters. The summed E-state index contributed by atoms with van der Waals surface area (Å²) >= 11 is 6.88. The number of ketones is 1. The van der Waals surface area contributed by atoms with Gasteiger partial charge in [0.15, 0.2) is 5.41 Å². The second kappa shape index (κ2) is 8.66. The van der Waals surface area contributed by atoms with E-state index in [0.717, 1.165) is 39.3 Å². The average Bonchev–Trinajstić information content (AvgIpc) is 2.79. The molecule has 0 radical (unpaired) electrons. The van der Waals surface area contributed by atoms with E-state index < -0.39 is 35.0 Å². The second-order valence-electron chi connectivity index (χ2n) is 9.27. The minimum Gasteiger partial charge on any atom is -0.422 e. The molecule has 2 aromatic carbocycles. The lowest BCUT2D eigenvalue weighted by Gasteiger charge is -2.52. The van der Waals surface area contributed by atoms with E-state index in [1.54, 1.807) is 0 Å². The summed E-state index contributed by atoms with van der Waals surface area (Å²) in [6.07, 6.45) is 3.94. The lowest BCUT2D eigenvalue weighted by atomic mass is 9.55. The van der Waals surface area contributed by atoms with E-state index in [9.17, 15) is 14.4 Å². The van der Waals surface area contributed by atoms with Gasteiger partial charge in [0.1, 0.15) is 5.78 Å². The van der Waals surface area contributed by atoms with Crippen LogP contribution in [0.2, 0.25) is 0 Å². The maximum absolute atomic E-state index is 14.0. The number of hydrogen-bond donors (Lipinski definition) is 0. The number of carbonyl (C=O) groups excluding carboxylic acids is 3. The van der Waals surface area contributed by atoms with Gasteiger partial charge in [-0.15, -0.1) is 0 Å². The third kappa shape index (κ3) is 3.87. The van der Waals surface area contributed by atoms with Gasteiger partial charge < -0.3 is 9.47 Å². The molecule has 2 aromatic rings. The molecule has 5 nitrogen and oxygen atoms in total. The van der Waals surface area contributed by atoms with Crippen molar-refractivity contribution >= 4 is 49.6 Å². The van der Waals surface area contributed by atoms with E-state index in [4.69, 9.17) is 9.47 Å². The Morgan fingerprint density at radius 2 is 1.09 bits per heavy atom. The van der Waals surface area contributed by atoms with Crippen LogP contribution in [0.3, 0.4) is 0 Å². The molecule has 0 aromatic heterocycles. The summed E-state index contributed by atoms with van der Waals surface area (Å²) in [5.41, 5.74) is -0.109. The van der Waals surface area contributed by atoms with Crippen LogP contribution < -0.4 is 0 Å². The molecule has 5 rings (SSSR count). The topological polar surface area (TPSA) is 69.7 Å². The van der Waals surface area contributed by atoms with Crippen LogP contribution in [0.5, 0.6) is 0 Å². The summed E-state index contributed by atoms with van der Waals surface area (Å²) in [4.78, 5) is 41.0. The Hall–Kier alpha value is -1.99. The Morgan fingerprint density at radius 3 is 1.52 bits per heavy atom. The highest BCUT2D eigenvalue weighted by Gasteiger charge is 2.68. The molecule has 0 amide bonds. The molecule has 1 heterocycles. The van der Waals surface area contributed by atoms with Gasteiger partial charge in [-0.2, -0.15) is 0 Å². The van der Waals surface area contributed by atoms with Crippen LogP contribution in [-0.4, -0.2) is 23.5 Å². The van der Waals surface area contributed by atoms with Crippen molar-refractivity contribution in [3.8, 4) is 0 Å². The molecule has 1 saturated heterocycles. The van der Waals surface area contributed by atoms with Crippen LogP contribution in [-0.2, 0) is 23.9 Å². The van der Waals surface area contributed by atoms with Crippen LogP contribution in [0.15, 0.2) is 57.5 Å². The highest BCUT2D eigenvalue weighted by molar-refractivity contribution is 9.10. The van der Waals surface area contributed by atoms with E-state index in [0.29, 0.717) is 12.8 Å². The van der Waals surface area contributed by atoms with Gasteiger partial charge >= 0.3 is 11.9 Å². The van der Waals surface area contributed by atoms with Crippen LogP contribution in [0.25, 0.3) is 0 Å². The minimum atomic E-state index is -1.61. The molecule has 0 N–H and O–H groups in total. The summed E-state index contributed by atoms with van der Waals surface area (Å²) in [7, 11) is 0. The predicted molar refractivity (Wildman–Crippen MR) is 128 cm³/mol. The van der Waals surface area contributed by atoms with Crippen LogP contribution in [0.1, 0.15) is 67.9 Å². The monoisotopic (exact) mass is 574 g/mol. The first-order chi connectivity index (χ1) is 15.8. The smallest absolute Gasteiger partial charge is 0.328 e. The summed E-state index contributed by atoms with van der Waals surface area (Å²) in [5, 5.41) is 0. The van der Waals surface area contributed by atoms with E-state index in [-0.39, 0.29) is 18.6 Å². The number of rotatable bonds is 2. The first kappa shape index (κ1) is 22.8. The highest BCUT2D eigenvalue weighted by Crippen LogP contribution is 2.59. The number of halogens is 2. The number of ether oxygens (including phenoxy) is 2. The number of carbonyl (C=O) groups is 3. The van der Waals surface area contributed by atoms with Crippen molar-refractivity contribution in [2.75, 3.05) is 0 Å². The van der Waals surface area contributed by atoms with Crippen molar-refractivity contribution < 1.29 is 23.9 Å². The van der Waals surface area contributed by atoms with Crippen molar-refractivity contribution in [2.24, 2.45) is 5.41 Å². The van der Waals surface area contributed by atoms with E-state index in [2.05, 4.69) is 31.9 Å². The zero-order valence-corrected chi connectivity index (χ0v) is 21.2. The summed E-state index contributed by atoms with van der Waals surface area (Å²) in [6.45, 7) is 0. The number of hydrogen-bond acceptors (Lipinski definition) is 5. The summed E-state index contributed by atoms with van der Waals surface area (Å²) in [5.74, 6) is -3.61. The minimum absolute atomic E-state index is 0.0139. The van der Waals surface area contributed by atoms with E-state index in [1.807, 2.05) is 48.5 Å². The first-order valence-corrected chi connectivity index (χ1v) is 12.9. The van der Waals surface area contributed by atoms with Gasteiger partial charge in [-0.05, 0) is 48.2 Å². The lowest BCUT2D eigenvalue weighted by Crippen LogP contribution is -2.62. The van der Waals surface area contributed by atoms with Crippen molar-refractivity contribution in [1.82, 2.24) is 0 Å². The fraction of sp³-hybridized carbons (Fsp3) is 0.423. The quantitative estimate of drug-likeness (QED) is 0.315. The molecule has 2 aliphatic carbocycles. The van der Waals surface area contributed by atoms with Gasteiger partial charge in [0.25, 0.3) is 5.79 Å². The van der Waals surface area contributed by atoms with Gasteiger partial charge in [0.2, 0.25) is 0 Å². The molecule has 172 valence electrons. The van der Waals surface area contributed by atoms with E-state index in [1.165, 1.54) is 0 Å². The first-order valence-electron chi connectivity index (χ1n) is 11.3. The standard InChI is InChI=1S/C26H24Br2O5/c27-18-8-4-16(5-9-18)21-14-20(29)15-22(17-6-10-19(28)11-7-17)26(21)23(30)32-25(33-24(26)31)12-2-1-3-13-25/h4-11,21-22H,1-3,12-15H2/t21-,22+. The molecule has 7 heteroatoms. The molecule has 3 fully saturated rings. The van der Waals surface area contributed by atoms with Crippen LogP contribution in [0, 0.1) is 5.41 Å². The molecule has 2 atom stereocenters. The maximum Gasteiger partial charge on any atom is 0.328 e. The SMILES string of the molecule is O=C1C[C@H](c2ccc(Br)cc2)C2(C(=O)OC3(CCCCC3)OC2=O)[C@H](c2ccc(Br)cc2)C1. The van der Waals surface area contributed by atoms with Gasteiger partial charge in [-0.25, -0.2) is 0 Å². The van der Waals surface area contributed by atoms with Gasteiger partial charge in [0.05, 0.1) is 0 Å². The van der Waals surface area contributed by atoms with Gasteiger partial charge in [-0.1, -0.05) is 62.5 Å². The van der Waals surface area contributed by atoms with Gasteiger partial charge in [-0.3, -0.25) is 14.4 Å². The second-order valence-corrected chi connectivity index (χ2v) is 11.1. The molecule has 1 aliphatic heterocycles. The fourth-order valence-electron chi connectivity index (χ4n) is 5.73. The van der Waals surface area contributed by atoms with Crippen molar-refractivity contribution in [3.05, 3.63) is 68.6 Å². The number of benzene rings is 2. The Bertz CT molecular complexity index is 1010. The molecule has 33 heavy (non-hydrogen) atoms. The zero-order valence-electron chi connectivity index (χ0n) is 18.0.